The van der Waals surface area contributed by atoms with E-state index in [-0.39, 0.29) is 5.97 Å². The lowest BCUT2D eigenvalue weighted by Crippen LogP contribution is -1.87. The van der Waals surface area contributed by atoms with Crippen molar-refractivity contribution in [1.82, 2.24) is 4.98 Å². The number of aromatic amines is 1. The van der Waals surface area contributed by atoms with Gasteiger partial charge in [-0.05, 0) is 18.2 Å². The number of hydrogen-bond donors (Lipinski definition) is 1. The molecule has 0 aromatic carbocycles. The lowest BCUT2D eigenvalue weighted by molar-refractivity contribution is -0.135. The highest BCUT2D eigenvalue weighted by atomic mass is 16.5. The summed E-state index contributed by atoms with van der Waals surface area (Å²) >= 11 is 0. The Kier molecular flexibility index (Phi) is 2.99. The lowest BCUT2D eigenvalue weighted by atomic mass is 10.5. The first-order valence-electron chi connectivity index (χ1n) is 3.32. The number of carbonyl (C=O) groups is 1. The smallest absolute Gasteiger partial charge is 0.314 e. The van der Waals surface area contributed by atoms with Crippen molar-refractivity contribution >= 4 is 5.97 Å². The van der Waals surface area contributed by atoms with Gasteiger partial charge in [0.15, 0.2) is 0 Å². The van der Waals surface area contributed by atoms with E-state index < -0.39 is 0 Å². The molecule has 3 nitrogen and oxygen atoms in total. The van der Waals surface area contributed by atoms with E-state index in [0.29, 0.717) is 6.42 Å². The molecule has 0 fully saturated rings. The van der Waals surface area contributed by atoms with Crippen LogP contribution in [0.3, 0.4) is 0 Å². The SMILES string of the molecule is O=C1CC=CO1.c1cc[nH]c1. The van der Waals surface area contributed by atoms with Crippen LogP contribution >= 0.6 is 0 Å². The minimum atomic E-state index is -0.157. The van der Waals surface area contributed by atoms with Crippen LogP contribution in [-0.2, 0) is 9.53 Å². The first-order valence-corrected chi connectivity index (χ1v) is 3.32. The fourth-order valence-electron chi connectivity index (χ4n) is 0.594. The fraction of sp³-hybridized carbons (Fsp3) is 0.125. The van der Waals surface area contributed by atoms with E-state index in [4.69, 9.17) is 0 Å². The first-order chi connectivity index (χ1) is 5.39. The van der Waals surface area contributed by atoms with Gasteiger partial charge in [0, 0.05) is 12.4 Å². The van der Waals surface area contributed by atoms with E-state index in [0.717, 1.165) is 0 Å². The van der Waals surface area contributed by atoms with Gasteiger partial charge in [0.25, 0.3) is 0 Å². The highest BCUT2D eigenvalue weighted by molar-refractivity contribution is 5.73. The molecule has 3 heteroatoms. The van der Waals surface area contributed by atoms with Crippen LogP contribution in [0.15, 0.2) is 36.9 Å². The average molecular weight is 151 g/mol. The second-order valence-corrected chi connectivity index (χ2v) is 1.95. The van der Waals surface area contributed by atoms with Crippen molar-refractivity contribution in [2.24, 2.45) is 0 Å². The molecular formula is C8H9NO2. The van der Waals surface area contributed by atoms with Crippen molar-refractivity contribution < 1.29 is 9.53 Å². The minimum Gasteiger partial charge on any atom is -0.435 e. The Morgan fingerprint density at radius 1 is 1.36 bits per heavy atom. The summed E-state index contributed by atoms with van der Waals surface area (Å²) in [7, 11) is 0. The molecule has 0 amide bonds. The van der Waals surface area contributed by atoms with E-state index in [1.807, 2.05) is 24.5 Å². The molecule has 0 radical (unpaired) electrons. The molecule has 1 aromatic rings. The molecule has 1 aliphatic rings. The van der Waals surface area contributed by atoms with Gasteiger partial charge in [0.05, 0.1) is 12.7 Å². The Bertz CT molecular complexity index is 199. The van der Waals surface area contributed by atoms with Crippen LogP contribution in [0.1, 0.15) is 6.42 Å². The predicted octanol–water partition coefficient (Wildman–Crippen LogP) is 1.46. The van der Waals surface area contributed by atoms with Gasteiger partial charge in [-0.1, -0.05) is 0 Å². The van der Waals surface area contributed by atoms with Crippen molar-refractivity contribution in [3.05, 3.63) is 36.9 Å². The van der Waals surface area contributed by atoms with Gasteiger partial charge in [-0.3, -0.25) is 4.79 Å². The summed E-state index contributed by atoms with van der Waals surface area (Å²) in [6, 6.07) is 3.89. The zero-order valence-electron chi connectivity index (χ0n) is 5.99. The third kappa shape index (κ3) is 3.25. The summed E-state index contributed by atoms with van der Waals surface area (Å²) in [5.74, 6) is -0.157. The second kappa shape index (κ2) is 4.33. The second-order valence-electron chi connectivity index (χ2n) is 1.95. The fourth-order valence-corrected chi connectivity index (χ4v) is 0.594. The van der Waals surface area contributed by atoms with Gasteiger partial charge in [-0.15, -0.1) is 0 Å². The topological polar surface area (TPSA) is 42.1 Å². The van der Waals surface area contributed by atoms with Crippen molar-refractivity contribution in [2.45, 2.75) is 6.42 Å². The molecule has 0 saturated carbocycles. The van der Waals surface area contributed by atoms with Gasteiger partial charge in [-0.2, -0.15) is 0 Å². The molecule has 58 valence electrons. The first kappa shape index (κ1) is 7.60. The van der Waals surface area contributed by atoms with E-state index in [1.54, 1.807) is 6.08 Å². The number of H-pyrrole nitrogens is 1. The molecule has 2 heterocycles. The minimum absolute atomic E-state index is 0.157. The third-order valence-corrected chi connectivity index (χ3v) is 1.08. The van der Waals surface area contributed by atoms with Crippen molar-refractivity contribution in [1.29, 1.82) is 0 Å². The van der Waals surface area contributed by atoms with Crippen LogP contribution in [0.5, 0.6) is 0 Å². The maximum absolute atomic E-state index is 9.96. The number of carbonyl (C=O) groups excluding carboxylic acids is 1. The molecule has 0 atom stereocenters. The van der Waals surface area contributed by atoms with E-state index >= 15 is 0 Å². The summed E-state index contributed by atoms with van der Waals surface area (Å²) in [5, 5.41) is 0. The van der Waals surface area contributed by atoms with Crippen molar-refractivity contribution in [3.63, 3.8) is 0 Å². The summed E-state index contributed by atoms with van der Waals surface area (Å²) in [4.78, 5) is 12.8. The van der Waals surface area contributed by atoms with Crippen LogP contribution in [0.2, 0.25) is 0 Å². The zero-order valence-corrected chi connectivity index (χ0v) is 5.99. The molecule has 0 saturated heterocycles. The average Bonchev–Trinajstić information content (AvgIpc) is 2.57. The number of rotatable bonds is 0. The maximum Gasteiger partial charge on any atom is 0.314 e. The standard InChI is InChI=1S/C4H5N.C4H4O2/c1-2-4-5-3-1;5-4-2-1-3-6-4/h1-5H;1,3H,2H2. The van der Waals surface area contributed by atoms with Gasteiger partial charge in [0.2, 0.25) is 0 Å². The zero-order chi connectivity index (χ0) is 7.94. The molecule has 1 aromatic heterocycles. The molecule has 11 heavy (non-hydrogen) atoms. The number of aromatic nitrogens is 1. The molecular weight excluding hydrogens is 142 g/mol. The third-order valence-electron chi connectivity index (χ3n) is 1.08. The number of hydrogen-bond acceptors (Lipinski definition) is 2. The normalized spacial score (nSPS) is 13.6. The molecule has 1 N–H and O–H groups in total. The van der Waals surface area contributed by atoms with Gasteiger partial charge in [-0.25, -0.2) is 0 Å². The Morgan fingerprint density at radius 2 is 2.09 bits per heavy atom. The molecule has 0 bridgehead atoms. The predicted molar refractivity (Wildman–Crippen MR) is 40.6 cm³/mol. The highest BCUT2D eigenvalue weighted by Gasteiger charge is 2.00. The van der Waals surface area contributed by atoms with Crippen LogP contribution < -0.4 is 0 Å². The number of cyclic esters (lactones) is 1. The van der Waals surface area contributed by atoms with Crippen LogP contribution in [-0.4, -0.2) is 11.0 Å². The van der Waals surface area contributed by atoms with E-state index in [2.05, 4.69) is 9.72 Å². The van der Waals surface area contributed by atoms with Crippen LogP contribution in [0.4, 0.5) is 0 Å². The molecule has 0 unspecified atom stereocenters. The van der Waals surface area contributed by atoms with Crippen molar-refractivity contribution in [2.75, 3.05) is 0 Å². The summed E-state index contributed by atoms with van der Waals surface area (Å²) in [5.41, 5.74) is 0. The van der Waals surface area contributed by atoms with Gasteiger partial charge < -0.3 is 9.72 Å². The Hall–Kier alpha value is -1.51. The molecule has 2 rings (SSSR count). The Balaban J connectivity index is 0.000000112. The Labute approximate surface area is 64.7 Å². The molecule has 0 aliphatic carbocycles. The van der Waals surface area contributed by atoms with Gasteiger partial charge in [0.1, 0.15) is 0 Å². The lowest BCUT2D eigenvalue weighted by Gasteiger charge is -1.78. The quantitative estimate of drug-likeness (QED) is 0.570. The van der Waals surface area contributed by atoms with Crippen LogP contribution in [0, 0.1) is 0 Å². The van der Waals surface area contributed by atoms with E-state index in [1.165, 1.54) is 6.26 Å². The Morgan fingerprint density at radius 3 is 2.27 bits per heavy atom. The summed E-state index contributed by atoms with van der Waals surface area (Å²) in [6.45, 7) is 0. The van der Waals surface area contributed by atoms with Crippen LogP contribution in [0.25, 0.3) is 0 Å². The number of esters is 1. The summed E-state index contributed by atoms with van der Waals surface area (Å²) in [6.07, 6.45) is 7.28. The number of nitrogens with one attached hydrogen (secondary N) is 1. The summed E-state index contributed by atoms with van der Waals surface area (Å²) < 4.78 is 4.33. The number of ether oxygens (including phenoxy) is 1. The van der Waals surface area contributed by atoms with Crippen molar-refractivity contribution in [3.8, 4) is 0 Å². The highest BCUT2D eigenvalue weighted by Crippen LogP contribution is 1.96. The maximum atomic E-state index is 9.96. The monoisotopic (exact) mass is 151 g/mol. The largest absolute Gasteiger partial charge is 0.435 e. The molecule has 1 aliphatic heterocycles. The van der Waals surface area contributed by atoms with Gasteiger partial charge >= 0.3 is 5.97 Å². The van der Waals surface area contributed by atoms with E-state index in [9.17, 15) is 4.79 Å². The molecule has 0 spiro atoms.